The molecule has 0 spiro atoms. The van der Waals surface area contributed by atoms with Crippen LogP contribution in [0.1, 0.15) is 0 Å². The molecule has 3 aromatic heterocycles. The summed E-state index contributed by atoms with van der Waals surface area (Å²) in [5, 5.41) is 7.40. The zero-order valence-electron chi connectivity index (χ0n) is 24.2. The Morgan fingerprint density at radius 2 is 1.04 bits per heavy atom. The Balaban J connectivity index is 1.33. The number of rotatable bonds is 3. The van der Waals surface area contributed by atoms with Gasteiger partial charge in [0, 0.05) is 36.3 Å². The number of fused-ring (bicyclic) bond motifs is 10. The summed E-state index contributed by atoms with van der Waals surface area (Å²) in [7, 11) is 0. The van der Waals surface area contributed by atoms with Crippen LogP contribution in [0.15, 0.2) is 156 Å². The maximum absolute atomic E-state index is 6.57. The minimum atomic E-state index is 0.907. The quantitative estimate of drug-likeness (QED) is 0.200. The zero-order valence-corrected chi connectivity index (χ0v) is 25.0. The fourth-order valence-electron chi connectivity index (χ4n) is 7.16. The van der Waals surface area contributed by atoms with E-state index < -0.39 is 0 Å². The van der Waals surface area contributed by atoms with Gasteiger partial charge in [-0.2, -0.15) is 0 Å². The highest BCUT2D eigenvalue weighted by molar-refractivity contribution is 7.26. The molecule has 3 heterocycles. The average molecular weight is 592 g/mol. The summed E-state index contributed by atoms with van der Waals surface area (Å²) in [5.74, 6) is 0. The van der Waals surface area contributed by atoms with Crippen LogP contribution >= 0.6 is 11.3 Å². The first-order valence-corrected chi connectivity index (χ1v) is 16.1. The number of aromatic nitrogens is 1. The van der Waals surface area contributed by atoms with E-state index in [0.29, 0.717) is 0 Å². The summed E-state index contributed by atoms with van der Waals surface area (Å²) in [6, 6.07) is 54.6. The Hall–Kier alpha value is -5.64. The number of nitrogens with zero attached hydrogens (tertiary/aromatic N) is 1. The van der Waals surface area contributed by atoms with Gasteiger partial charge in [-0.15, -0.1) is 11.3 Å². The van der Waals surface area contributed by atoms with Gasteiger partial charge in [0.25, 0.3) is 0 Å². The van der Waals surface area contributed by atoms with Crippen molar-refractivity contribution in [2.24, 2.45) is 0 Å². The van der Waals surface area contributed by atoms with Crippen molar-refractivity contribution in [2.75, 3.05) is 0 Å². The molecule has 0 aliphatic carbocycles. The van der Waals surface area contributed by atoms with Crippen LogP contribution in [0, 0.1) is 0 Å². The maximum atomic E-state index is 6.57. The normalized spacial score (nSPS) is 12.0. The van der Waals surface area contributed by atoms with Crippen LogP contribution < -0.4 is 0 Å². The SMILES string of the molecule is c1ccc(-c2ccc3c(c2)c2cc(-c4ccccc4)ccc2n3-c2cccc3oc4ccc5c6ccccc6sc5c4c23)cc1. The second kappa shape index (κ2) is 9.43. The molecule has 0 saturated carbocycles. The summed E-state index contributed by atoms with van der Waals surface area (Å²) in [5.41, 5.74) is 10.2. The minimum absolute atomic E-state index is 0.907. The molecule has 210 valence electrons. The van der Waals surface area contributed by atoms with Crippen LogP contribution in [0.5, 0.6) is 0 Å². The van der Waals surface area contributed by atoms with Gasteiger partial charge >= 0.3 is 0 Å². The Labute approximate surface area is 263 Å². The van der Waals surface area contributed by atoms with Crippen LogP contribution in [0.3, 0.4) is 0 Å². The molecule has 0 atom stereocenters. The maximum Gasteiger partial charge on any atom is 0.137 e. The Morgan fingerprint density at radius 3 is 1.73 bits per heavy atom. The van der Waals surface area contributed by atoms with Crippen LogP contribution in [-0.2, 0) is 0 Å². The lowest BCUT2D eigenvalue weighted by Gasteiger charge is -2.10. The fourth-order valence-corrected chi connectivity index (χ4v) is 8.40. The second-order valence-corrected chi connectivity index (χ2v) is 12.7. The highest BCUT2D eigenvalue weighted by Gasteiger charge is 2.21. The summed E-state index contributed by atoms with van der Waals surface area (Å²) >= 11 is 1.85. The minimum Gasteiger partial charge on any atom is -0.456 e. The molecule has 0 aliphatic rings. The molecule has 45 heavy (non-hydrogen) atoms. The molecule has 0 fully saturated rings. The van der Waals surface area contributed by atoms with Gasteiger partial charge in [0.15, 0.2) is 0 Å². The van der Waals surface area contributed by atoms with Gasteiger partial charge in [-0.25, -0.2) is 0 Å². The number of hydrogen-bond donors (Lipinski definition) is 0. The monoisotopic (exact) mass is 591 g/mol. The van der Waals surface area contributed by atoms with Gasteiger partial charge in [0.1, 0.15) is 11.2 Å². The molecule has 2 nitrogen and oxygen atoms in total. The van der Waals surface area contributed by atoms with Gasteiger partial charge in [-0.1, -0.05) is 97.1 Å². The lowest BCUT2D eigenvalue weighted by atomic mass is 10.0. The zero-order chi connectivity index (χ0) is 29.5. The number of thiophene rings is 1. The van der Waals surface area contributed by atoms with Gasteiger partial charge < -0.3 is 8.98 Å². The molecule has 0 N–H and O–H groups in total. The number of hydrogen-bond acceptors (Lipinski definition) is 2. The van der Waals surface area contributed by atoms with Gasteiger partial charge in [-0.3, -0.25) is 0 Å². The summed E-state index contributed by atoms with van der Waals surface area (Å²) in [6.45, 7) is 0. The average Bonchev–Trinajstić information content (AvgIpc) is 3.78. The van der Waals surface area contributed by atoms with E-state index in [1.807, 2.05) is 11.3 Å². The third-order valence-corrected chi connectivity index (χ3v) is 10.4. The molecule has 10 aromatic rings. The summed E-state index contributed by atoms with van der Waals surface area (Å²) in [6.07, 6.45) is 0. The molecule has 0 unspecified atom stereocenters. The van der Waals surface area contributed by atoms with E-state index in [-0.39, 0.29) is 0 Å². The molecule has 0 bridgehead atoms. The lowest BCUT2D eigenvalue weighted by Crippen LogP contribution is -1.94. The van der Waals surface area contributed by atoms with E-state index in [9.17, 15) is 0 Å². The van der Waals surface area contributed by atoms with Crippen LogP contribution in [0.2, 0.25) is 0 Å². The van der Waals surface area contributed by atoms with Crippen molar-refractivity contribution in [3.63, 3.8) is 0 Å². The Bertz CT molecular complexity index is 2650. The fraction of sp³-hybridized carbons (Fsp3) is 0. The second-order valence-electron chi connectivity index (χ2n) is 11.7. The number of benzene rings is 7. The van der Waals surface area contributed by atoms with E-state index in [1.165, 1.54) is 69.6 Å². The summed E-state index contributed by atoms with van der Waals surface area (Å²) < 4.78 is 11.6. The molecule has 7 aromatic carbocycles. The highest BCUT2D eigenvalue weighted by Crippen LogP contribution is 2.45. The summed E-state index contributed by atoms with van der Waals surface area (Å²) in [4.78, 5) is 0. The van der Waals surface area contributed by atoms with Crippen molar-refractivity contribution in [2.45, 2.75) is 0 Å². The molecule has 0 saturated heterocycles. The first-order chi connectivity index (χ1) is 22.3. The topological polar surface area (TPSA) is 18.1 Å². The van der Waals surface area contributed by atoms with E-state index in [4.69, 9.17) is 4.42 Å². The van der Waals surface area contributed by atoms with Crippen molar-refractivity contribution in [1.29, 1.82) is 0 Å². The molecule has 3 heteroatoms. The third-order valence-electron chi connectivity index (χ3n) is 9.20. The van der Waals surface area contributed by atoms with Crippen LogP contribution in [-0.4, -0.2) is 4.57 Å². The predicted molar refractivity (Wildman–Crippen MR) is 192 cm³/mol. The van der Waals surface area contributed by atoms with Crippen LogP contribution in [0.4, 0.5) is 0 Å². The van der Waals surface area contributed by atoms with Crippen molar-refractivity contribution < 1.29 is 4.42 Å². The molecular weight excluding hydrogens is 567 g/mol. The van der Waals surface area contributed by atoms with Gasteiger partial charge in [0.2, 0.25) is 0 Å². The first-order valence-electron chi connectivity index (χ1n) is 15.3. The van der Waals surface area contributed by atoms with Gasteiger partial charge in [-0.05, 0) is 76.9 Å². The van der Waals surface area contributed by atoms with E-state index in [1.54, 1.807) is 0 Å². The highest BCUT2D eigenvalue weighted by atomic mass is 32.1. The largest absolute Gasteiger partial charge is 0.456 e. The van der Waals surface area contributed by atoms with Crippen LogP contribution in [0.25, 0.3) is 91.9 Å². The molecule has 10 rings (SSSR count). The van der Waals surface area contributed by atoms with Crippen molar-refractivity contribution >= 4 is 75.3 Å². The Morgan fingerprint density at radius 1 is 0.422 bits per heavy atom. The third kappa shape index (κ3) is 3.62. The molecule has 0 aliphatic heterocycles. The van der Waals surface area contributed by atoms with E-state index in [0.717, 1.165) is 22.2 Å². The number of furan rings is 1. The Kier molecular flexibility index (Phi) is 5.19. The first kappa shape index (κ1) is 24.8. The molecule has 0 radical (unpaired) electrons. The van der Waals surface area contributed by atoms with E-state index >= 15 is 0 Å². The molecule has 0 amide bonds. The van der Waals surface area contributed by atoms with E-state index in [2.05, 4.69) is 156 Å². The van der Waals surface area contributed by atoms with Crippen molar-refractivity contribution in [3.8, 4) is 27.9 Å². The lowest BCUT2D eigenvalue weighted by molar-refractivity contribution is 0.669. The van der Waals surface area contributed by atoms with Gasteiger partial charge in [0.05, 0.1) is 22.1 Å². The van der Waals surface area contributed by atoms with Crippen molar-refractivity contribution in [3.05, 3.63) is 152 Å². The predicted octanol–water partition coefficient (Wildman–Crippen LogP) is 12.4. The van der Waals surface area contributed by atoms with Crippen molar-refractivity contribution in [1.82, 2.24) is 4.57 Å². The smallest absolute Gasteiger partial charge is 0.137 e. The molecular formula is C42H25NOS. The standard InChI is InChI=1S/C42H25NOS/c1-3-10-26(11-4-1)28-18-21-34-32(24-28)33-25-29(27-12-5-2-6-13-27)19-22-35(33)43(34)36-15-9-16-37-40(36)41-38(44-37)23-20-31-30-14-7-8-17-39(30)45-42(31)41/h1-25H.